The number of nitrogens with zero attached hydrogens (tertiary/aromatic N) is 1. The molecule has 0 aliphatic heterocycles. The van der Waals surface area contributed by atoms with Crippen molar-refractivity contribution in [3.63, 3.8) is 0 Å². The Labute approximate surface area is 120 Å². The van der Waals surface area contributed by atoms with Crippen LogP contribution < -0.4 is 5.32 Å². The van der Waals surface area contributed by atoms with Crippen LogP contribution in [0.15, 0.2) is 33.3 Å². The van der Waals surface area contributed by atoms with E-state index in [1.165, 1.54) is 0 Å². The lowest BCUT2D eigenvalue weighted by Gasteiger charge is -2.04. The Morgan fingerprint density at radius 1 is 1.50 bits per heavy atom. The molecule has 0 atom stereocenters. The molecule has 2 rings (SSSR count). The summed E-state index contributed by atoms with van der Waals surface area (Å²) in [5, 5.41) is 3.65. The largest absolute Gasteiger partial charge is 0.454 e. The highest BCUT2D eigenvalue weighted by atomic mass is 127. The zero-order chi connectivity index (χ0) is 11.5. The quantitative estimate of drug-likeness (QED) is 0.602. The number of rotatable bonds is 3. The van der Waals surface area contributed by atoms with Gasteiger partial charge in [-0.1, -0.05) is 11.6 Å². The molecular weight excluding hydrogens is 406 g/mol. The molecule has 16 heavy (non-hydrogen) atoms. The van der Waals surface area contributed by atoms with Gasteiger partial charge in [0.2, 0.25) is 0 Å². The second-order valence-electron chi connectivity index (χ2n) is 3.06. The zero-order valence-electron chi connectivity index (χ0n) is 8.01. The molecule has 0 spiro atoms. The van der Waals surface area contributed by atoms with Gasteiger partial charge in [-0.2, -0.15) is 0 Å². The summed E-state index contributed by atoms with van der Waals surface area (Å²) in [7, 11) is 0. The molecule has 3 nitrogen and oxygen atoms in total. The fraction of sp³-hybridized carbons (Fsp3) is 0.100. The summed E-state index contributed by atoms with van der Waals surface area (Å²) in [4.78, 5) is 4.02. The van der Waals surface area contributed by atoms with Crippen LogP contribution in [0.4, 0.5) is 5.69 Å². The number of furan rings is 1. The van der Waals surface area contributed by atoms with Gasteiger partial charge in [0, 0.05) is 0 Å². The van der Waals surface area contributed by atoms with Gasteiger partial charge in [0.15, 0.2) is 3.77 Å². The maximum absolute atomic E-state index is 5.80. The third-order valence-electron chi connectivity index (χ3n) is 1.89. The molecule has 1 N–H and O–H groups in total. The van der Waals surface area contributed by atoms with E-state index in [9.17, 15) is 0 Å². The summed E-state index contributed by atoms with van der Waals surface area (Å²) in [5.41, 5.74) is 0.891. The first kappa shape index (κ1) is 12.2. The average Bonchev–Trinajstić information content (AvgIpc) is 2.66. The van der Waals surface area contributed by atoms with E-state index in [0.29, 0.717) is 11.7 Å². The lowest BCUT2D eigenvalue weighted by atomic mass is 10.4. The SMILES string of the molecule is Clc1ncc(NCc2ccc(I)o2)cc1Br. The van der Waals surface area contributed by atoms with E-state index in [1.54, 1.807) is 6.20 Å². The number of nitrogens with one attached hydrogen (secondary N) is 1. The molecule has 2 heterocycles. The van der Waals surface area contributed by atoms with E-state index < -0.39 is 0 Å². The van der Waals surface area contributed by atoms with E-state index in [-0.39, 0.29) is 0 Å². The molecule has 0 fully saturated rings. The molecule has 0 aliphatic rings. The minimum atomic E-state index is 0.457. The van der Waals surface area contributed by atoms with Gasteiger partial charge < -0.3 is 9.73 Å². The van der Waals surface area contributed by atoms with Gasteiger partial charge in [-0.3, -0.25) is 0 Å². The van der Waals surface area contributed by atoms with Crippen molar-refractivity contribution in [2.75, 3.05) is 5.32 Å². The highest BCUT2D eigenvalue weighted by Crippen LogP contribution is 2.23. The first-order valence-corrected chi connectivity index (χ1v) is 6.69. The lowest BCUT2D eigenvalue weighted by Crippen LogP contribution is -1.98. The van der Waals surface area contributed by atoms with Gasteiger partial charge in [0.25, 0.3) is 0 Å². The fourth-order valence-corrected chi connectivity index (χ4v) is 2.07. The number of aromatic nitrogens is 1. The van der Waals surface area contributed by atoms with E-state index in [1.807, 2.05) is 18.2 Å². The Morgan fingerprint density at radius 2 is 2.31 bits per heavy atom. The highest BCUT2D eigenvalue weighted by molar-refractivity contribution is 14.1. The van der Waals surface area contributed by atoms with E-state index in [0.717, 1.165) is 19.7 Å². The fourth-order valence-electron chi connectivity index (χ4n) is 1.15. The lowest BCUT2D eigenvalue weighted by molar-refractivity contribution is 0.493. The van der Waals surface area contributed by atoms with Gasteiger partial charge in [-0.15, -0.1) is 0 Å². The van der Waals surface area contributed by atoms with Gasteiger partial charge in [-0.25, -0.2) is 4.98 Å². The van der Waals surface area contributed by atoms with Crippen LogP contribution in [0.25, 0.3) is 0 Å². The molecule has 0 aromatic carbocycles. The third-order valence-corrected chi connectivity index (χ3v) is 3.61. The van der Waals surface area contributed by atoms with Crippen molar-refractivity contribution in [2.24, 2.45) is 0 Å². The summed E-state index contributed by atoms with van der Waals surface area (Å²) >= 11 is 11.2. The Balaban J connectivity index is 2.02. The third kappa shape index (κ3) is 3.11. The number of anilines is 1. The van der Waals surface area contributed by atoms with Crippen LogP contribution in [0.2, 0.25) is 5.15 Å². The maximum Gasteiger partial charge on any atom is 0.164 e. The second kappa shape index (κ2) is 5.37. The molecule has 0 radical (unpaired) electrons. The van der Waals surface area contributed by atoms with E-state index in [4.69, 9.17) is 16.0 Å². The average molecular weight is 413 g/mol. The van der Waals surface area contributed by atoms with Crippen molar-refractivity contribution >= 4 is 55.8 Å². The first-order chi connectivity index (χ1) is 7.65. The number of halogens is 3. The van der Waals surface area contributed by atoms with Gasteiger partial charge in [0.05, 0.1) is 22.9 Å². The normalized spacial score (nSPS) is 10.4. The van der Waals surface area contributed by atoms with Crippen molar-refractivity contribution in [3.8, 4) is 0 Å². The smallest absolute Gasteiger partial charge is 0.164 e. The van der Waals surface area contributed by atoms with Gasteiger partial charge in [0.1, 0.15) is 10.9 Å². The Hall–Kier alpha value is -0.270. The summed E-state index contributed by atoms with van der Waals surface area (Å²) in [6.07, 6.45) is 1.68. The molecule has 0 saturated heterocycles. The molecule has 2 aromatic heterocycles. The van der Waals surface area contributed by atoms with Crippen LogP contribution in [0.5, 0.6) is 0 Å². The maximum atomic E-state index is 5.80. The predicted octanol–water partition coefficient (Wildman–Crippen LogP) is 4.31. The van der Waals surface area contributed by atoms with Crippen molar-refractivity contribution < 1.29 is 4.42 Å². The Morgan fingerprint density at radius 3 is 2.94 bits per heavy atom. The molecule has 0 aliphatic carbocycles. The predicted molar refractivity (Wildman–Crippen MR) is 75.7 cm³/mol. The standard InChI is InChI=1S/C10H7BrClIN2O/c11-8-3-6(4-15-10(8)12)14-5-7-1-2-9(13)16-7/h1-4,14H,5H2. The molecule has 2 aromatic rings. The van der Waals surface area contributed by atoms with E-state index >= 15 is 0 Å². The Bertz CT molecular complexity index is 503. The van der Waals surface area contributed by atoms with Crippen molar-refractivity contribution in [1.29, 1.82) is 0 Å². The van der Waals surface area contributed by atoms with Crippen LogP contribution in [-0.2, 0) is 6.54 Å². The first-order valence-electron chi connectivity index (χ1n) is 4.44. The zero-order valence-corrected chi connectivity index (χ0v) is 12.5. The molecule has 0 unspecified atom stereocenters. The summed E-state index contributed by atoms with van der Waals surface area (Å²) in [6.45, 7) is 0.624. The molecule has 0 bridgehead atoms. The van der Waals surface area contributed by atoms with E-state index in [2.05, 4.69) is 48.8 Å². The summed E-state index contributed by atoms with van der Waals surface area (Å²) in [5.74, 6) is 0.885. The van der Waals surface area contributed by atoms with Gasteiger partial charge in [-0.05, 0) is 56.7 Å². The minimum absolute atomic E-state index is 0.457. The molecular formula is C10H7BrClIN2O. The summed E-state index contributed by atoms with van der Waals surface area (Å²) in [6, 6.07) is 5.74. The second-order valence-corrected chi connectivity index (χ2v) is 5.33. The highest BCUT2D eigenvalue weighted by Gasteiger charge is 2.02. The molecule has 0 amide bonds. The molecule has 84 valence electrons. The van der Waals surface area contributed by atoms with Crippen molar-refractivity contribution in [3.05, 3.63) is 43.5 Å². The van der Waals surface area contributed by atoms with Crippen LogP contribution in [0.1, 0.15) is 5.76 Å². The van der Waals surface area contributed by atoms with Crippen LogP contribution >= 0.6 is 50.1 Å². The van der Waals surface area contributed by atoms with Crippen LogP contribution in [-0.4, -0.2) is 4.98 Å². The number of hydrogen-bond donors (Lipinski definition) is 1. The molecule has 0 saturated carbocycles. The topological polar surface area (TPSA) is 38.1 Å². The summed E-state index contributed by atoms with van der Waals surface area (Å²) < 4.78 is 7.08. The number of pyridine rings is 1. The van der Waals surface area contributed by atoms with Crippen molar-refractivity contribution in [2.45, 2.75) is 6.54 Å². The van der Waals surface area contributed by atoms with Crippen LogP contribution in [0, 0.1) is 3.77 Å². The monoisotopic (exact) mass is 412 g/mol. The van der Waals surface area contributed by atoms with Gasteiger partial charge >= 0.3 is 0 Å². The number of hydrogen-bond acceptors (Lipinski definition) is 3. The minimum Gasteiger partial charge on any atom is -0.454 e. The molecule has 6 heteroatoms. The Kier molecular flexibility index (Phi) is 4.10. The van der Waals surface area contributed by atoms with Crippen LogP contribution in [0.3, 0.4) is 0 Å². The van der Waals surface area contributed by atoms with Crippen molar-refractivity contribution in [1.82, 2.24) is 4.98 Å².